The number of hydrazine groups is 2. The average molecular weight is 373 g/mol. The highest BCUT2D eigenvalue weighted by Gasteiger charge is 2.33. The van der Waals surface area contributed by atoms with Gasteiger partial charge in [0.1, 0.15) is 0 Å². The van der Waals surface area contributed by atoms with Gasteiger partial charge in [-0.1, -0.05) is 12.2 Å². The molecule has 2 saturated heterocycles. The van der Waals surface area contributed by atoms with Gasteiger partial charge in [-0.15, -0.1) is 37.0 Å². The van der Waals surface area contributed by atoms with E-state index in [1.54, 1.807) is 11.8 Å². The molecule has 1 N–H and O–H groups in total. The molecule has 4 nitrogen and oxygen atoms in total. The van der Waals surface area contributed by atoms with Gasteiger partial charge in [-0.05, 0) is 12.2 Å². The van der Waals surface area contributed by atoms with Crippen LogP contribution >= 0.6 is 73.2 Å². The lowest BCUT2D eigenvalue weighted by Crippen LogP contribution is -2.61. The zero-order valence-corrected chi connectivity index (χ0v) is 15.2. The fourth-order valence-electron chi connectivity index (χ4n) is 1.94. The van der Waals surface area contributed by atoms with Crippen molar-refractivity contribution in [3.63, 3.8) is 0 Å². The van der Waals surface area contributed by atoms with E-state index in [-0.39, 0.29) is 5.50 Å². The highest BCUT2D eigenvalue weighted by Crippen LogP contribution is 2.25. The van der Waals surface area contributed by atoms with Gasteiger partial charge in [-0.2, -0.15) is 21.9 Å². The van der Waals surface area contributed by atoms with E-state index in [1.807, 2.05) is 21.9 Å². The second-order valence-electron chi connectivity index (χ2n) is 3.94. The molecule has 0 spiro atoms. The lowest BCUT2D eigenvalue weighted by atomic mass is 10.6. The predicted molar refractivity (Wildman–Crippen MR) is 100.0 cm³/mol. The molecule has 0 aromatic carbocycles. The number of thioether (sulfide) groups is 2. The standard InChI is InChI=1S/C9H16N4S6/c14-8(15)12(7-10-1-4-19-7)13(9(16)17)11-2-5-18-6-3-11/h7,10H,1-6H2,(H,14,15)(H,16,17). The van der Waals surface area contributed by atoms with Crippen LogP contribution in [0.2, 0.25) is 0 Å². The van der Waals surface area contributed by atoms with Crippen LogP contribution in [0.5, 0.6) is 0 Å². The van der Waals surface area contributed by atoms with Crippen LogP contribution in [-0.4, -0.2) is 66.2 Å². The molecular formula is C9H16N4S6. The van der Waals surface area contributed by atoms with Gasteiger partial charge in [0.25, 0.3) is 0 Å². The van der Waals surface area contributed by atoms with Crippen LogP contribution in [-0.2, 0) is 0 Å². The third kappa shape index (κ3) is 4.29. The third-order valence-corrected chi connectivity index (χ3v) is 5.54. The maximum Gasteiger partial charge on any atom is 0.169 e. The van der Waals surface area contributed by atoms with Gasteiger partial charge in [0, 0.05) is 36.9 Å². The maximum atomic E-state index is 5.30. The minimum Gasteiger partial charge on any atom is -0.286 e. The molecule has 0 bridgehead atoms. The number of hydrogen-bond acceptors (Lipinski definition) is 6. The summed E-state index contributed by atoms with van der Waals surface area (Å²) in [7, 11) is 0. The number of thiol groups is 2. The van der Waals surface area contributed by atoms with E-state index in [0.717, 1.165) is 36.9 Å². The molecule has 2 fully saturated rings. The predicted octanol–water partition coefficient (Wildman–Crippen LogP) is 1.52. The van der Waals surface area contributed by atoms with Crippen molar-refractivity contribution in [1.82, 2.24) is 20.5 Å². The molecule has 0 aromatic rings. The molecule has 1 unspecified atom stereocenters. The summed E-state index contributed by atoms with van der Waals surface area (Å²) in [5, 5.41) is 9.40. The molecule has 1 atom stereocenters. The molecule has 10 heteroatoms. The zero-order valence-electron chi connectivity index (χ0n) is 10.2. The first-order valence-electron chi connectivity index (χ1n) is 5.84. The number of thiocarbonyl (C=S) groups is 2. The molecular weight excluding hydrogens is 357 g/mol. The quantitative estimate of drug-likeness (QED) is 0.381. The van der Waals surface area contributed by atoms with Crippen LogP contribution in [0.25, 0.3) is 0 Å². The van der Waals surface area contributed by atoms with Crippen LogP contribution in [0, 0.1) is 0 Å². The summed E-state index contributed by atoms with van der Waals surface area (Å²) >= 11 is 23.1. The largest absolute Gasteiger partial charge is 0.286 e. The topological polar surface area (TPSA) is 21.8 Å². The molecule has 108 valence electrons. The SMILES string of the molecule is S=C(S)N(C1NCCS1)N(C(=S)S)N1CCSCC1. The first-order valence-corrected chi connectivity index (χ1v) is 9.75. The fourth-order valence-corrected chi connectivity index (χ4v) is 4.81. The molecule has 2 rings (SSSR count). The minimum atomic E-state index is 0.0738. The first kappa shape index (κ1) is 16.5. The lowest BCUT2D eigenvalue weighted by molar-refractivity contribution is -0.0768. The van der Waals surface area contributed by atoms with E-state index < -0.39 is 0 Å². The Labute approximate surface area is 144 Å². The Balaban J connectivity index is 2.17. The molecule has 2 heterocycles. The lowest BCUT2D eigenvalue weighted by Gasteiger charge is -2.45. The van der Waals surface area contributed by atoms with Crippen molar-refractivity contribution >= 4 is 81.9 Å². The molecule has 2 aliphatic heterocycles. The van der Waals surface area contributed by atoms with E-state index in [1.165, 1.54) is 0 Å². The summed E-state index contributed by atoms with van der Waals surface area (Å²) in [6.45, 7) is 2.84. The second-order valence-corrected chi connectivity index (χ2v) is 8.58. The highest BCUT2D eigenvalue weighted by molar-refractivity contribution is 8.11. The number of rotatable bonds is 2. The fraction of sp³-hybridized carbons (Fsp3) is 0.778. The Morgan fingerprint density at radius 2 is 1.84 bits per heavy atom. The summed E-state index contributed by atoms with van der Waals surface area (Å²) in [5.74, 6) is 3.23. The van der Waals surface area contributed by atoms with Crippen molar-refractivity contribution in [3.05, 3.63) is 0 Å². The van der Waals surface area contributed by atoms with Crippen LogP contribution in [0.15, 0.2) is 0 Å². The van der Waals surface area contributed by atoms with Crippen LogP contribution in [0.1, 0.15) is 0 Å². The van der Waals surface area contributed by atoms with Crippen molar-refractivity contribution in [3.8, 4) is 0 Å². The Kier molecular flexibility index (Phi) is 6.87. The van der Waals surface area contributed by atoms with E-state index in [0.29, 0.717) is 8.64 Å². The molecule has 0 radical (unpaired) electrons. The van der Waals surface area contributed by atoms with E-state index in [4.69, 9.17) is 24.4 Å². The Bertz CT molecular complexity index is 342. The number of nitrogens with zero attached hydrogens (tertiary/aromatic N) is 3. The molecule has 0 amide bonds. The van der Waals surface area contributed by atoms with Gasteiger partial charge in [-0.25, -0.2) is 5.01 Å². The first-order chi connectivity index (χ1) is 9.11. The molecule has 0 aliphatic carbocycles. The molecule has 2 aliphatic rings. The summed E-state index contributed by atoms with van der Waals surface area (Å²) in [5.41, 5.74) is 0.0738. The summed E-state index contributed by atoms with van der Waals surface area (Å²) in [6.07, 6.45) is 0. The van der Waals surface area contributed by atoms with Crippen molar-refractivity contribution in [2.24, 2.45) is 0 Å². The number of hydrogen-bond donors (Lipinski definition) is 3. The Morgan fingerprint density at radius 1 is 1.16 bits per heavy atom. The van der Waals surface area contributed by atoms with Crippen molar-refractivity contribution in [2.75, 3.05) is 36.9 Å². The normalized spacial score (nSPS) is 24.2. The Morgan fingerprint density at radius 3 is 2.32 bits per heavy atom. The van der Waals surface area contributed by atoms with Gasteiger partial charge >= 0.3 is 0 Å². The molecule has 0 aromatic heterocycles. The molecule has 0 saturated carbocycles. The number of nitrogens with one attached hydrogen (secondary N) is 1. The van der Waals surface area contributed by atoms with Gasteiger partial charge in [-0.3, -0.25) is 5.32 Å². The van der Waals surface area contributed by atoms with Gasteiger partial charge in [0.05, 0.1) is 0 Å². The van der Waals surface area contributed by atoms with Gasteiger partial charge < -0.3 is 0 Å². The minimum absolute atomic E-state index is 0.0738. The monoisotopic (exact) mass is 372 g/mol. The summed E-state index contributed by atoms with van der Waals surface area (Å²) in [6, 6.07) is 0. The zero-order chi connectivity index (χ0) is 13.8. The van der Waals surface area contributed by atoms with Crippen molar-refractivity contribution < 1.29 is 0 Å². The second kappa shape index (κ2) is 7.92. The maximum absolute atomic E-state index is 5.30. The van der Waals surface area contributed by atoms with Crippen molar-refractivity contribution in [1.29, 1.82) is 0 Å². The van der Waals surface area contributed by atoms with E-state index in [9.17, 15) is 0 Å². The van der Waals surface area contributed by atoms with Crippen molar-refractivity contribution in [2.45, 2.75) is 5.50 Å². The smallest absolute Gasteiger partial charge is 0.169 e. The van der Waals surface area contributed by atoms with Gasteiger partial charge in [0.2, 0.25) is 0 Å². The average Bonchev–Trinajstić information content (AvgIpc) is 2.89. The third-order valence-electron chi connectivity index (χ3n) is 2.75. The van der Waals surface area contributed by atoms with E-state index >= 15 is 0 Å². The Hall–Kier alpha value is 1.10. The molecule has 19 heavy (non-hydrogen) atoms. The van der Waals surface area contributed by atoms with E-state index in [2.05, 4.69) is 35.6 Å². The van der Waals surface area contributed by atoms with Crippen LogP contribution < -0.4 is 5.32 Å². The summed E-state index contributed by atoms with van der Waals surface area (Å²) < 4.78 is 0.999. The summed E-state index contributed by atoms with van der Waals surface area (Å²) in [4.78, 5) is 0. The van der Waals surface area contributed by atoms with Crippen LogP contribution in [0.3, 0.4) is 0 Å². The van der Waals surface area contributed by atoms with Crippen LogP contribution in [0.4, 0.5) is 0 Å². The van der Waals surface area contributed by atoms with Gasteiger partial charge in [0.15, 0.2) is 14.1 Å². The highest BCUT2D eigenvalue weighted by atomic mass is 32.2.